The lowest BCUT2D eigenvalue weighted by Crippen LogP contribution is -2.14. The van der Waals surface area contributed by atoms with E-state index in [1.54, 1.807) is 24.3 Å². The Morgan fingerprint density at radius 2 is 1.90 bits per heavy atom. The van der Waals surface area contributed by atoms with Crippen LogP contribution in [0.15, 0.2) is 53.1 Å². The second-order valence-electron chi connectivity index (χ2n) is 4.71. The summed E-state index contributed by atoms with van der Waals surface area (Å²) >= 11 is 0. The quantitative estimate of drug-likeness (QED) is 0.771. The Labute approximate surface area is 121 Å². The number of rotatable bonds is 4. The lowest BCUT2D eigenvalue weighted by molar-refractivity contribution is -0.115. The van der Waals surface area contributed by atoms with Crippen LogP contribution in [0.2, 0.25) is 0 Å². The Balaban J connectivity index is 1.71. The van der Waals surface area contributed by atoms with Crippen LogP contribution in [0.25, 0.3) is 11.0 Å². The van der Waals surface area contributed by atoms with E-state index in [2.05, 4.69) is 10.5 Å². The van der Waals surface area contributed by atoms with Crippen molar-refractivity contribution in [3.8, 4) is 0 Å². The molecule has 106 valence electrons. The molecule has 0 bridgehead atoms. The van der Waals surface area contributed by atoms with Gasteiger partial charge < -0.3 is 14.9 Å². The Kier molecular flexibility index (Phi) is 3.66. The maximum atomic E-state index is 12.0. The van der Waals surface area contributed by atoms with Crippen molar-refractivity contribution in [1.29, 1.82) is 0 Å². The van der Waals surface area contributed by atoms with Crippen LogP contribution in [0.1, 0.15) is 11.3 Å². The number of benzene rings is 2. The zero-order chi connectivity index (χ0) is 14.7. The highest BCUT2D eigenvalue weighted by Crippen LogP contribution is 2.18. The molecule has 3 rings (SSSR count). The van der Waals surface area contributed by atoms with Gasteiger partial charge in [-0.25, -0.2) is 0 Å². The van der Waals surface area contributed by atoms with Crippen LogP contribution in [0.5, 0.6) is 0 Å². The van der Waals surface area contributed by atoms with E-state index in [1.165, 1.54) is 0 Å². The molecule has 2 N–H and O–H groups in total. The summed E-state index contributed by atoms with van der Waals surface area (Å²) in [5, 5.41) is 16.6. The minimum Gasteiger partial charge on any atom is -0.392 e. The molecule has 0 spiro atoms. The summed E-state index contributed by atoms with van der Waals surface area (Å²) in [4.78, 5) is 12.0. The van der Waals surface area contributed by atoms with E-state index in [0.29, 0.717) is 17.0 Å². The van der Waals surface area contributed by atoms with Gasteiger partial charge in [-0.3, -0.25) is 4.79 Å². The summed E-state index contributed by atoms with van der Waals surface area (Å²) in [7, 11) is 0. The fourth-order valence-electron chi connectivity index (χ4n) is 2.12. The number of amides is 1. The molecule has 0 radical (unpaired) electrons. The number of aliphatic hydroxyl groups excluding tert-OH is 1. The molecule has 0 aliphatic rings. The number of nitrogens with zero attached hydrogens (tertiary/aromatic N) is 1. The van der Waals surface area contributed by atoms with Crippen molar-refractivity contribution in [2.24, 2.45) is 0 Å². The van der Waals surface area contributed by atoms with Crippen molar-refractivity contribution in [2.75, 3.05) is 5.32 Å². The maximum absolute atomic E-state index is 12.0. The Morgan fingerprint density at radius 1 is 1.14 bits per heavy atom. The van der Waals surface area contributed by atoms with Crippen LogP contribution >= 0.6 is 0 Å². The molecule has 1 amide bonds. The number of aliphatic hydroxyl groups is 1. The van der Waals surface area contributed by atoms with Crippen molar-refractivity contribution in [3.05, 3.63) is 59.8 Å². The highest BCUT2D eigenvalue weighted by Gasteiger charge is 2.12. The number of hydrogen-bond donors (Lipinski definition) is 2. The van der Waals surface area contributed by atoms with E-state index in [1.807, 2.05) is 24.3 Å². The van der Waals surface area contributed by atoms with Gasteiger partial charge in [0.05, 0.1) is 13.0 Å². The highest BCUT2D eigenvalue weighted by atomic mass is 16.5. The van der Waals surface area contributed by atoms with Gasteiger partial charge in [0, 0.05) is 11.1 Å². The van der Waals surface area contributed by atoms with Gasteiger partial charge in [0.1, 0.15) is 5.69 Å². The molecule has 5 heteroatoms. The molecule has 21 heavy (non-hydrogen) atoms. The number of hydrogen-bond acceptors (Lipinski definition) is 4. The van der Waals surface area contributed by atoms with Crippen molar-refractivity contribution >= 4 is 22.6 Å². The smallest absolute Gasteiger partial charge is 0.230 e. The van der Waals surface area contributed by atoms with E-state index >= 15 is 0 Å². The number of nitrogens with one attached hydrogen (secondary N) is 1. The van der Waals surface area contributed by atoms with Crippen molar-refractivity contribution in [1.82, 2.24) is 5.16 Å². The number of aromatic nitrogens is 1. The Morgan fingerprint density at radius 3 is 2.67 bits per heavy atom. The van der Waals surface area contributed by atoms with E-state index in [-0.39, 0.29) is 18.9 Å². The summed E-state index contributed by atoms with van der Waals surface area (Å²) in [6, 6.07) is 14.5. The summed E-state index contributed by atoms with van der Waals surface area (Å²) in [5.74, 6) is -0.161. The topological polar surface area (TPSA) is 75.4 Å². The summed E-state index contributed by atoms with van der Waals surface area (Å²) < 4.78 is 5.17. The van der Waals surface area contributed by atoms with Gasteiger partial charge in [-0.05, 0) is 29.8 Å². The van der Waals surface area contributed by atoms with Gasteiger partial charge in [0.25, 0.3) is 0 Å². The first-order valence-electron chi connectivity index (χ1n) is 6.59. The largest absolute Gasteiger partial charge is 0.392 e. The number of para-hydroxylation sites is 1. The molecule has 1 aromatic heterocycles. The molecule has 0 fully saturated rings. The predicted octanol–water partition coefficient (Wildman–Crippen LogP) is 2.50. The van der Waals surface area contributed by atoms with Crippen molar-refractivity contribution in [3.63, 3.8) is 0 Å². The summed E-state index contributed by atoms with van der Waals surface area (Å²) in [6.45, 7) is -0.0147. The highest BCUT2D eigenvalue weighted by molar-refractivity contribution is 5.94. The van der Waals surface area contributed by atoms with Gasteiger partial charge in [-0.15, -0.1) is 0 Å². The molecule has 0 saturated carbocycles. The standard InChI is InChI=1S/C16H14N2O3/c19-10-11-5-7-12(8-6-11)17-16(20)9-14-13-3-1-2-4-15(13)21-18-14/h1-8,19H,9-10H2,(H,17,20). The lowest BCUT2D eigenvalue weighted by Gasteiger charge is -2.04. The molecule has 5 nitrogen and oxygen atoms in total. The number of fused-ring (bicyclic) bond motifs is 1. The van der Waals surface area contributed by atoms with Crippen molar-refractivity contribution in [2.45, 2.75) is 13.0 Å². The summed E-state index contributed by atoms with van der Waals surface area (Å²) in [5.41, 5.74) is 2.78. The van der Waals surface area contributed by atoms with Crippen LogP contribution in [-0.2, 0) is 17.8 Å². The second kappa shape index (κ2) is 5.76. The third-order valence-electron chi connectivity index (χ3n) is 3.20. The number of carbonyl (C=O) groups is 1. The molecule has 0 unspecified atom stereocenters. The van der Waals surface area contributed by atoms with E-state index in [0.717, 1.165) is 10.9 Å². The van der Waals surface area contributed by atoms with E-state index in [9.17, 15) is 4.79 Å². The van der Waals surface area contributed by atoms with Crippen LogP contribution in [0, 0.1) is 0 Å². The fourth-order valence-corrected chi connectivity index (χ4v) is 2.12. The van der Waals surface area contributed by atoms with E-state index < -0.39 is 0 Å². The normalized spacial score (nSPS) is 10.7. The average Bonchev–Trinajstić information content (AvgIpc) is 2.91. The predicted molar refractivity (Wildman–Crippen MR) is 78.7 cm³/mol. The average molecular weight is 282 g/mol. The molecule has 0 aliphatic carbocycles. The van der Waals surface area contributed by atoms with Crippen LogP contribution < -0.4 is 5.32 Å². The molecule has 0 aliphatic heterocycles. The van der Waals surface area contributed by atoms with Crippen molar-refractivity contribution < 1.29 is 14.4 Å². The van der Waals surface area contributed by atoms with Gasteiger partial charge in [-0.2, -0.15) is 0 Å². The first kappa shape index (κ1) is 13.3. The minimum atomic E-state index is -0.161. The van der Waals surface area contributed by atoms with Gasteiger partial charge in [0.2, 0.25) is 5.91 Å². The van der Waals surface area contributed by atoms with Crippen LogP contribution in [0.3, 0.4) is 0 Å². The van der Waals surface area contributed by atoms with Gasteiger partial charge in [-0.1, -0.05) is 29.4 Å². The molecule has 0 atom stereocenters. The first-order chi connectivity index (χ1) is 10.3. The molecular weight excluding hydrogens is 268 g/mol. The molecular formula is C16H14N2O3. The monoisotopic (exact) mass is 282 g/mol. The molecule has 1 heterocycles. The van der Waals surface area contributed by atoms with Crippen LogP contribution in [0.4, 0.5) is 5.69 Å². The second-order valence-corrected chi connectivity index (χ2v) is 4.71. The van der Waals surface area contributed by atoms with Crippen LogP contribution in [-0.4, -0.2) is 16.2 Å². The van der Waals surface area contributed by atoms with E-state index in [4.69, 9.17) is 9.63 Å². The number of carbonyl (C=O) groups excluding carboxylic acids is 1. The SMILES string of the molecule is O=C(Cc1noc2ccccc12)Nc1ccc(CO)cc1. The van der Waals surface area contributed by atoms with Gasteiger partial charge in [0.15, 0.2) is 5.58 Å². The molecule has 2 aromatic carbocycles. The number of anilines is 1. The fraction of sp³-hybridized carbons (Fsp3) is 0.125. The lowest BCUT2D eigenvalue weighted by atomic mass is 10.1. The van der Waals surface area contributed by atoms with Gasteiger partial charge >= 0.3 is 0 Å². The third-order valence-corrected chi connectivity index (χ3v) is 3.20. The Bertz CT molecular complexity index is 763. The zero-order valence-electron chi connectivity index (χ0n) is 11.2. The minimum absolute atomic E-state index is 0.0147. The first-order valence-corrected chi connectivity index (χ1v) is 6.59. The zero-order valence-corrected chi connectivity index (χ0v) is 11.2. The molecule has 3 aromatic rings. The Hall–Kier alpha value is -2.66. The third kappa shape index (κ3) is 2.93. The maximum Gasteiger partial charge on any atom is 0.230 e. The molecule has 0 saturated heterocycles. The summed E-state index contributed by atoms with van der Waals surface area (Å²) in [6.07, 6.45) is 0.152.